The summed E-state index contributed by atoms with van der Waals surface area (Å²) in [4.78, 5) is 5.09. The average Bonchev–Trinajstić information content (AvgIpc) is 0.767. The molecule has 0 radical (unpaired) electrons. The normalized spacial score (nSPS) is 14.6. The molecule has 0 atom stereocenters. The van der Waals surface area contributed by atoms with Gasteiger partial charge >= 0.3 is 0 Å². The molecule has 0 amide bonds. The first-order valence-corrected chi connectivity index (χ1v) is 37.3. The van der Waals surface area contributed by atoms with Crippen molar-refractivity contribution >= 4 is 79.0 Å². The Bertz CT molecular complexity index is 5740. The molecule has 0 bridgehead atoms. The van der Waals surface area contributed by atoms with Crippen LogP contribution in [-0.2, 0) is 37.9 Å². The van der Waals surface area contributed by atoms with Gasteiger partial charge in [-0.05, 0) is 169 Å². The molecule has 0 aliphatic carbocycles. The molecule has 15 rings (SSSR count). The van der Waals surface area contributed by atoms with Gasteiger partial charge in [0.25, 0.3) is 6.71 Å². The molecule has 0 spiro atoms. The number of aromatic nitrogens is 1. The van der Waals surface area contributed by atoms with Gasteiger partial charge in [-0.2, -0.15) is 0 Å². The highest BCUT2D eigenvalue weighted by Gasteiger charge is 2.46. The fourth-order valence-electron chi connectivity index (χ4n) is 15.7. The largest absolute Gasteiger partial charge is 0.310 e. The van der Waals surface area contributed by atoms with E-state index in [0.29, 0.717) is 5.69 Å². The quantitative estimate of drug-likeness (QED) is 0.141. The van der Waals surface area contributed by atoms with Gasteiger partial charge in [-0.1, -0.05) is 352 Å². The molecule has 0 N–H and O–H groups in total. The first-order chi connectivity index (χ1) is 52.3. The summed E-state index contributed by atoms with van der Waals surface area (Å²) in [5.74, 6) is 0. The fourth-order valence-corrected chi connectivity index (χ4v) is 15.7. The number of nitrogens with zero attached hydrogens (tertiary/aromatic N) is 3. The first-order valence-electron chi connectivity index (χ1n) is 41.3. The molecule has 104 heavy (non-hydrogen) atoms. The van der Waals surface area contributed by atoms with Crippen LogP contribution in [-0.4, -0.2) is 11.3 Å². The molecule has 0 unspecified atom stereocenters. The number of rotatable bonds is 8. The van der Waals surface area contributed by atoms with Crippen LogP contribution in [0.4, 0.5) is 34.1 Å². The highest BCUT2D eigenvalue weighted by atomic mass is 15.2. The molecule has 522 valence electrons. The van der Waals surface area contributed by atoms with Gasteiger partial charge in [0.2, 0.25) is 0 Å². The zero-order chi connectivity index (χ0) is 80.7. The maximum Gasteiger partial charge on any atom is 0.252 e. The van der Waals surface area contributed by atoms with Crippen molar-refractivity contribution in [2.45, 2.75) is 183 Å². The Hall–Kier alpha value is -9.90. The predicted molar refractivity (Wildman–Crippen MR) is 453 cm³/mol. The zero-order valence-electron chi connectivity index (χ0n) is 73.0. The van der Waals surface area contributed by atoms with Crippen molar-refractivity contribution in [3.63, 3.8) is 0 Å². The SMILES string of the molecule is [2H]c1c([2H])c([2H])c2c(c1[2H])c1c([2H])c([2H])c([2H])c([2H])c1n2-c1ccc2c(c1)N(c1c(-c3ccc(C(C)(C)C)cc3)cccc1-c1ccc(C(C)(C)C)cc1)c1cc(C(C)(C)C)cc3c1B2c1cc(-c2cc(C(C)(C)C)cc(C(C)(C)C)c2)ccc1N3c1c(-c2ccc(C(C)(C)C)cc2)cccc1-c1ccc(C(C)(C)C)cc1. The van der Waals surface area contributed by atoms with E-state index in [-0.39, 0.29) is 78.5 Å². The van der Waals surface area contributed by atoms with Crippen LogP contribution in [0, 0.1) is 0 Å². The summed E-state index contributed by atoms with van der Waals surface area (Å²) in [5, 5.41) is 0.0395. The van der Waals surface area contributed by atoms with Crippen LogP contribution in [0.5, 0.6) is 0 Å². The minimum atomic E-state index is -0.494. The molecular weight excluding hydrogens is 1250 g/mol. The molecule has 13 aromatic rings. The van der Waals surface area contributed by atoms with Crippen molar-refractivity contribution in [1.29, 1.82) is 0 Å². The molecule has 3 heterocycles. The maximum atomic E-state index is 9.91. The number of anilines is 6. The van der Waals surface area contributed by atoms with Gasteiger partial charge in [0, 0.05) is 61.5 Å². The van der Waals surface area contributed by atoms with Crippen LogP contribution in [0.15, 0.2) is 249 Å². The minimum Gasteiger partial charge on any atom is -0.310 e. The maximum absolute atomic E-state index is 9.91. The van der Waals surface area contributed by atoms with Crippen molar-refractivity contribution in [3.05, 3.63) is 287 Å². The van der Waals surface area contributed by atoms with E-state index in [0.717, 1.165) is 112 Å². The van der Waals surface area contributed by atoms with Crippen LogP contribution in [0.3, 0.4) is 0 Å². The van der Waals surface area contributed by atoms with Crippen LogP contribution in [0.1, 0.15) is 195 Å². The summed E-state index contributed by atoms with van der Waals surface area (Å²) >= 11 is 0. The molecule has 2 aliphatic rings. The third-order valence-corrected chi connectivity index (χ3v) is 22.0. The third kappa shape index (κ3) is 12.4. The molecule has 0 fully saturated rings. The van der Waals surface area contributed by atoms with Crippen LogP contribution < -0.4 is 26.2 Å². The van der Waals surface area contributed by atoms with Gasteiger partial charge in [-0.15, -0.1) is 0 Å². The van der Waals surface area contributed by atoms with Crippen molar-refractivity contribution < 1.29 is 11.0 Å². The number of hydrogen-bond acceptors (Lipinski definition) is 2. The van der Waals surface area contributed by atoms with Crippen LogP contribution in [0.2, 0.25) is 0 Å². The van der Waals surface area contributed by atoms with E-state index in [2.05, 4.69) is 349 Å². The lowest BCUT2D eigenvalue weighted by Crippen LogP contribution is -2.61. The van der Waals surface area contributed by atoms with E-state index in [1.54, 1.807) is 4.57 Å². The summed E-state index contributed by atoms with van der Waals surface area (Å²) in [6, 6.07) is 72.1. The van der Waals surface area contributed by atoms with Gasteiger partial charge in [-0.25, -0.2) is 0 Å². The van der Waals surface area contributed by atoms with Gasteiger partial charge < -0.3 is 14.4 Å². The van der Waals surface area contributed by atoms with Gasteiger partial charge in [-0.3, -0.25) is 0 Å². The summed E-state index contributed by atoms with van der Waals surface area (Å²) in [5.41, 5.74) is 26.9. The number of hydrogen-bond donors (Lipinski definition) is 0. The Morgan fingerprint density at radius 1 is 0.269 bits per heavy atom. The molecule has 0 saturated carbocycles. The minimum absolute atomic E-state index is 0.0198. The van der Waals surface area contributed by atoms with Crippen LogP contribution in [0.25, 0.3) is 83.1 Å². The fraction of sp³-hybridized carbons (Fsp3) is 0.280. The number of fused-ring (bicyclic) bond motifs is 7. The van der Waals surface area contributed by atoms with Crippen LogP contribution >= 0.6 is 0 Å². The Morgan fingerprint density at radius 3 is 0.971 bits per heavy atom. The van der Waals surface area contributed by atoms with Crippen molar-refractivity contribution in [2.24, 2.45) is 0 Å². The van der Waals surface area contributed by atoms with E-state index in [1.807, 2.05) is 6.07 Å². The summed E-state index contributed by atoms with van der Waals surface area (Å²) < 4.78 is 77.7. The first kappa shape index (κ1) is 60.5. The Labute approximate surface area is 633 Å². The summed E-state index contributed by atoms with van der Waals surface area (Å²) in [6.07, 6.45) is 0. The summed E-state index contributed by atoms with van der Waals surface area (Å²) in [6.45, 7) is 47.3. The van der Waals surface area contributed by atoms with Gasteiger partial charge in [0.15, 0.2) is 0 Å². The molecular formula is C100H104BN3. The standard InChI is InChI=1S/C100H104BN3/c1-94(2,3)69-45-36-63(37-46-69)77-30-26-31-78(64-38-47-70(48-39-64)95(4,5)6)92(77)103-87-55-44-67(68-56-73(98(13,14)15)59-74(57-68)99(16,17)18)58-84(87)101-83-54-53-76(102-85-34-24-22-28-81(85)82-29-23-25-35-86(82)102)62-88(83)104(90-61-75(100(19,20)21)60-89(103)91(90)101)93-79(65-40-49-71(50-41-65)96(7,8)9)32-27-33-80(93)66-42-51-72(52-43-66)97(10,11)12/h22-62H,1-21H3/i22D,23D,24D,25D,28D,29D,34D,35D. The van der Waals surface area contributed by atoms with Crippen molar-refractivity contribution in [3.8, 4) is 61.3 Å². The number of para-hydroxylation sites is 4. The van der Waals surface area contributed by atoms with Crippen molar-refractivity contribution in [1.82, 2.24) is 4.57 Å². The van der Waals surface area contributed by atoms with E-state index in [9.17, 15) is 8.22 Å². The molecule has 2 aliphatic heterocycles. The van der Waals surface area contributed by atoms with E-state index < -0.39 is 36.3 Å². The average molecular weight is 1370 g/mol. The monoisotopic (exact) mass is 1370 g/mol. The molecule has 1 aromatic heterocycles. The Kier molecular flexibility index (Phi) is 14.5. The smallest absolute Gasteiger partial charge is 0.252 e. The predicted octanol–water partition coefficient (Wildman–Crippen LogP) is 26.3. The highest BCUT2D eigenvalue weighted by molar-refractivity contribution is 7.00. The lowest BCUT2D eigenvalue weighted by atomic mass is 9.33. The molecule has 4 heteroatoms. The van der Waals surface area contributed by atoms with Gasteiger partial charge in [0.05, 0.1) is 33.4 Å². The zero-order valence-corrected chi connectivity index (χ0v) is 65.0. The second kappa shape index (κ2) is 24.9. The van der Waals surface area contributed by atoms with Crippen molar-refractivity contribution in [2.75, 3.05) is 9.80 Å². The van der Waals surface area contributed by atoms with E-state index in [1.165, 1.54) is 33.4 Å². The second-order valence-electron chi connectivity index (χ2n) is 36.6. The molecule has 0 saturated heterocycles. The number of benzene rings is 12. The third-order valence-electron chi connectivity index (χ3n) is 22.0. The van der Waals surface area contributed by atoms with E-state index in [4.69, 9.17) is 2.74 Å². The highest BCUT2D eigenvalue weighted by Crippen LogP contribution is 2.55. The molecule has 3 nitrogen and oxygen atoms in total. The molecule has 12 aromatic carbocycles. The lowest BCUT2D eigenvalue weighted by molar-refractivity contribution is 0.569. The second-order valence-corrected chi connectivity index (χ2v) is 36.6. The Balaban J connectivity index is 1.16. The Morgan fingerprint density at radius 2 is 0.606 bits per heavy atom. The lowest BCUT2D eigenvalue weighted by Gasteiger charge is -2.46. The van der Waals surface area contributed by atoms with E-state index >= 15 is 0 Å². The van der Waals surface area contributed by atoms with Gasteiger partial charge in [0.1, 0.15) is 0 Å². The topological polar surface area (TPSA) is 11.4 Å². The summed E-state index contributed by atoms with van der Waals surface area (Å²) in [7, 11) is 0.